The number of anilines is 2. The number of hydrogen-bond acceptors (Lipinski definition) is 5. The van der Waals surface area contributed by atoms with Gasteiger partial charge in [0.25, 0.3) is 11.5 Å². The number of aromatic nitrogens is 1. The van der Waals surface area contributed by atoms with E-state index in [-0.39, 0.29) is 36.2 Å². The van der Waals surface area contributed by atoms with Crippen molar-refractivity contribution in [2.75, 3.05) is 16.5 Å². The van der Waals surface area contributed by atoms with Crippen LogP contribution in [0.4, 0.5) is 25.0 Å². The summed E-state index contributed by atoms with van der Waals surface area (Å²) in [4.78, 5) is 40.0. The van der Waals surface area contributed by atoms with Gasteiger partial charge in [-0.2, -0.15) is 0 Å². The molecule has 0 fully saturated rings. The van der Waals surface area contributed by atoms with Crippen LogP contribution in [0.5, 0.6) is 5.75 Å². The van der Waals surface area contributed by atoms with Crippen molar-refractivity contribution < 1.29 is 28.2 Å². The lowest BCUT2D eigenvalue weighted by Gasteiger charge is -2.25. The summed E-state index contributed by atoms with van der Waals surface area (Å²) in [5, 5.41) is 9.97. The number of aliphatic hydroxyl groups is 1. The van der Waals surface area contributed by atoms with Gasteiger partial charge in [0.15, 0.2) is 0 Å². The number of nitrogens with zero attached hydrogens (tertiary/aromatic N) is 3. The van der Waals surface area contributed by atoms with E-state index in [2.05, 4.69) is 0 Å². The molecule has 0 radical (unpaired) electrons. The molecule has 2 heterocycles. The van der Waals surface area contributed by atoms with Gasteiger partial charge in [-0.15, -0.1) is 0 Å². The zero-order valence-electron chi connectivity index (χ0n) is 19.9. The molecule has 1 aromatic heterocycles. The molecule has 3 amide bonds. The molecule has 37 heavy (non-hydrogen) atoms. The molecule has 0 atom stereocenters. The van der Waals surface area contributed by atoms with Gasteiger partial charge in [-0.3, -0.25) is 19.4 Å². The standard InChI is InChI=1S/C25H23ClF2N4O5/c1-25(2,36)23(34)31-13-32(24(29)35)18-6-3-14(9-19(18)31)11-30-8-7-20(21(26)22(30)33)37-12-15-4-5-16(27)10-17(15)28/h3-10,36H,11-13H2,1-2H3,(H2,29,35). The molecule has 4 rings (SSSR count). The fourth-order valence-electron chi connectivity index (χ4n) is 3.85. The molecular weight excluding hydrogens is 510 g/mol. The Morgan fingerprint density at radius 3 is 2.49 bits per heavy atom. The first-order valence-corrected chi connectivity index (χ1v) is 11.4. The second-order valence-corrected chi connectivity index (χ2v) is 9.35. The van der Waals surface area contributed by atoms with Crippen molar-refractivity contribution in [3.05, 3.63) is 86.8 Å². The number of halogens is 3. The first-order valence-electron chi connectivity index (χ1n) is 11.1. The monoisotopic (exact) mass is 532 g/mol. The van der Waals surface area contributed by atoms with Crippen LogP contribution >= 0.6 is 11.6 Å². The Labute approximate surface area is 215 Å². The van der Waals surface area contributed by atoms with E-state index in [0.29, 0.717) is 16.9 Å². The maximum Gasteiger partial charge on any atom is 0.320 e. The first-order chi connectivity index (χ1) is 17.4. The number of pyridine rings is 1. The van der Waals surface area contributed by atoms with Gasteiger partial charge in [-0.05, 0) is 49.7 Å². The van der Waals surface area contributed by atoms with E-state index in [1.807, 2.05) is 0 Å². The van der Waals surface area contributed by atoms with Gasteiger partial charge in [0.05, 0.1) is 17.9 Å². The van der Waals surface area contributed by atoms with E-state index < -0.39 is 34.7 Å². The summed E-state index contributed by atoms with van der Waals surface area (Å²) in [6.07, 6.45) is 1.44. The molecule has 1 aliphatic rings. The number of benzene rings is 2. The van der Waals surface area contributed by atoms with Crippen LogP contribution < -0.4 is 25.8 Å². The highest BCUT2D eigenvalue weighted by molar-refractivity contribution is 6.31. The average molecular weight is 533 g/mol. The number of ether oxygens (including phenoxy) is 1. The molecule has 0 unspecified atom stereocenters. The smallest absolute Gasteiger partial charge is 0.320 e. The largest absolute Gasteiger partial charge is 0.487 e. The van der Waals surface area contributed by atoms with E-state index in [1.54, 1.807) is 18.2 Å². The molecule has 2 aromatic carbocycles. The lowest BCUT2D eigenvalue weighted by molar-refractivity contribution is -0.133. The number of nitrogens with two attached hydrogens (primary N) is 1. The molecule has 194 valence electrons. The van der Waals surface area contributed by atoms with Crippen LogP contribution in [-0.4, -0.2) is 33.9 Å². The molecule has 0 saturated heterocycles. The number of hydrogen-bond donors (Lipinski definition) is 2. The van der Waals surface area contributed by atoms with E-state index in [4.69, 9.17) is 22.1 Å². The van der Waals surface area contributed by atoms with Crippen molar-refractivity contribution in [3.8, 4) is 5.75 Å². The Balaban J connectivity index is 1.58. The second kappa shape index (κ2) is 9.83. The van der Waals surface area contributed by atoms with E-state index in [9.17, 15) is 28.3 Å². The van der Waals surface area contributed by atoms with E-state index in [0.717, 1.165) is 12.1 Å². The van der Waals surface area contributed by atoms with Crippen LogP contribution in [0, 0.1) is 11.6 Å². The average Bonchev–Trinajstić information content (AvgIpc) is 3.20. The van der Waals surface area contributed by atoms with Gasteiger partial charge in [-0.1, -0.05) is 17.7 Å². The van der Waals surface area contributed by atoms with E-state index >= 15 is 0 Å². The first kappa shape index (κ1) is 26.1. The van der Waals surface area contributed by atoms with Crippen molar-refractivity contribution in [1.29, 1.82) is 0 Å². The summed E-state index contributed by atoms with van der Waals surface area (Å²) in [6, 6.07) is 8.60. The molecule has 0 aliphatic carbocycles. The number of primary amides is 1. The summed E-state index contributed by atoms with van der Waals surface area (Å²) in [5.41, 5.74) is 4.60. The highest BCUT2D eigenvalue weighted by atomic mass is 35.5. The third-order valence-corrected chi connectivity index (χ3v) is 6.11. The lowest BCUT2D eigenvalue weighted by Crippen LogP contribution is -2.48. The molecular formula is C25H23ClF2N4O5. The summed E-state index contributed by atoms with van der Waals surface area (Å²) in [7, 11) is 0. The summed E-state index contributed by atoms with van der Waals surface area (Å²) < 4.78 is 33.7. The van der Waals surface area contributed by atoms with Crippen molar-refractivity contribution in [1.82, 2.24) is 4.57 Å². The molecule has 3 aromatic rings. The Bertz CT molecular complexity index is 1450. The Kier molecular flexibility index (Phi) is 6.94. The highest BCUT2D eigenvalue weighted by Gasteiger charge is 2.38. The molecule has 1 aliphatic heterocycles. The number of carbonyl (C=O) groups excluding carboxylic acids is 2. The van der Waals surface area contributed by atoms with Gasteiger partial charge in [0, 0.05) is 17.8 Å². The Morgan fingerprint density at radius 2 is 1.84 bits per heavy atom. The third-order valence-electron chi connectivity index (χ3n) is 5.76. The number of urea groups is 1. The molecule has 0 spiro atoms. The SMILES string of the molecule is CC(C)(O)C(=O)N1CN(C(N)=O)c2ccc(Cn3ccc(OCc4ccc(F)cc4F)c(Cl)c3=O)cc21. The Morgan fingerprint density at radius 1 is 1.11 bits per heavy atom. The second-order valence-electron chi connectivity index (χ2n) is 8.97. The number of carbonyl (C=O) groups is 2. The van der Waals surface area contributed by atoms with Crippen molar-refractivity contribution in [2.45, 2.75) is 32.6 Å². The van der Waals surface area contributed by atoms with Crippen LogP contribution in [-0.2, 0) is 17.9 Å². The maximum absolute atomic E-state index is 13.9. The molecule has 9 nitrogen and oxygen atoms in total. The minimum absolute atomic E-state index is 0.0274. The fraction of sp³-hybridized carbons (Fsp3) is 0.240. The van der Waals surface area contributed by atoms with Gasteiger partial charge in [-0.25, -0.2) is 13.6 Å². The summed E-state index contributed by atoms with van der Waals surface area (Å²) in [5.74, 6) is -2.11. The molecule has 3 N–H and O–H groups in total. The summed E-state index contributed by atoms with van der Waals surface area (Å²) >= 11 is 6.21. The normalized spacial score (nSPS) is 13.0. The Hall–Kier alpha value is -3.96. The van der Waals surface area contributed by atoms with Crippen molar-refractivity contribution in [2.24, 2.45) is 5.73 Å². The predicted molar refractivity (Wildman–Crippen MR) is 133 cm³/mol. The van der Waals surface area contributed by atoms with Crippen LogP contribution in [0.1, 0.15) is 25.0 Å². The minimum atomic E-state index is -1.70. The van der Waals surface area contributed by atoms with Crippen LogP contribution in [0.3, 0.4) is 0 Å². The number of fused-ring (bicyclic) bond motifs is 1. The molecule has 12 heteroatoms. The van der Waals surface area contributed by atoms with Gasteiger partial charge < -0.3 is 20.1 Å². The van der Waals surface area contributed by atoms with Gasteiger partial charge in [0.1, 0.15) is 41.3 Å². The predicted octanol–water partition coefficient (Wildman–Crippen LogP) is 3.37. The van der Waals surface area contributed by atoms with Gasteiger partial charge >= 0.3 is 6.03 Å². The van der Waals surface area contributed by atoms with Crippen LogP contribution in [0.15, 0.2) is 53.5 Å². The topological polar surface area (TPSA) is 118 Å². The highest BCUT2D eigenvalue weighted by Crippen LogP contribution is 2.38. The number of rotatable bonds is 6. The minimum Gasteiger partial charge on any atom is -0.487 e. The van der Waals surface area contributed by atoms with Crippen LogP contribution in [0.25, 0.3) is 0 Å². The zero-order valence-corrected chi connectivity index (χ0v) is 20.6. The van der Waals surface area contributed by atoms with Crippen molar-refractivity contribution in [3.63, 3.8) is 0 Å². The fourth-order valence-corrected chi connectivity index (χ4v) is 4.08. The number of amides is 3. The van der Waals surface area contributed by atoms with E-state index in [1.165, 1.54) is 46.5 Å². The molecule has 0 bridgehead atoms. The van der Waals surface area contributed by atoms with Gasteiger partial charge in [0.2, 0.25) is 0 Å². The van der Waals surface area contributed by atoms with Crippen molar-refractivity contribution >= 4 is 34.9 Å². The molecule has 0 saturated carbocycles. The lowest BCUT2D eigenvalue weighted by atomic mass is 10.1. The summed E-state index contributed by atoms with van der Waals surface area (Å²) in [6.45, 7) is 2.30. The zero-order chi connectivity index (χ0) is 27.1. The quantitative estimate of drug-likeness (QED) is 0.505. The van der Waals surface area contributed by atoms with Crippen LogP contribution in [0.2, 0.25) is 5.02 Å². The third kappa shape index (κ3) is 5.27. The maximum atomic E-state index is 13.9.